The first-order valence-electron chi connectivity index (χ1n) is 14.4. The Morgan fingerprint density at radius 2 is 1.23 bits per heavy atom. The van der Waals surface area contributed by atoms with Crippen molar-refractivity contribution in [3.63, 3.8) is 0 Å². The fourth-order valence-corrected chi connectivity index (χ4v) is 5.23. The zero-order valence-electron chi connectivity index (χ0n) is 25.1. The molecule has 0 unspecified atom stereocenters. The van der Waals surface area contributed by atoms with Crippen molar-refractivity contribution in [1.82, 2.24) is 9.80 Å². The molecule has 10 nitrogen and oxygen atoms in total. The van der Waals surface area contributed by atoms with E-state index in [0.717, 1.165) is 0 Å². The number of benzene rings is 2. The molecule has 0 radical (unpaired) electrons. The van der Waals surface area contributed by atoms with E-state index in [1.54, 1.807) is 24.0 Å². The van der Waals surface area contributed by atoms with Gasteiger partial charge in [0.15, 0.2) is 34.6 Å². The first-order valence-corrected chi connectivity index (χ1v) is 14.4. The molecular formula is C31H38F2N2O8. The number of carbonyl (C=O) groups is 3. The number of methoxy groups -OCH3 is 2. The first kappa shape index (κ1) is 31.8. The van der Waals surface area contributed by atoms with Crippen LogP contribution in [0.5, 0.6) is 23.0 Å². The van der Waals surface area contributed by atoms with Gasteiger partial charge in [0.2, 0.25) is 11.8 Å². The third-order valence-corrected chi connectivity index (χ3v) is 7.42. The van der Waals surface area contributed by atoms with Crippen LogP contribution < -0.4 is 18.9 Å². The lowest BCUT2D eigenvalue weighted by molar-refractivity contribution is -0.145. The minimum atomic E-state index is -0.621. The number of hydrogen-bond donors (Lipinski definition) is 0. The maximum atomic E-state index is 15.5. The summed E-state index contributed by atoms with van der Waals surface area (Å²) in [7, 11) is 2.82. The Kier molecular flexibility index (Phi) is 10.7. The van der Waals surface area contributed by atoms with Crippen molar-refractivity contribution in [3.8, 4) is 23.0 Å². The molecular weight excluding hydrogens is 566 g/mol. The quantitative estimate of drug-likeness (QED) is 0.227. The molecule has 0 spiro atoms. The van der Waals surface area contributed by atoms with Crippen LogP contribution in [-0.4, -0.2) is 61.6 Å². The highest BCUT2D eigenvalue weighted by atomic mass is 19.1. The Hall–Kier alpha value is -4.09. The Labute approximate surface area is 249 Å². The molecule has 2 aliphatic rings. The molecule has 0 saturated carbocycles. The van der Waals surface area contributed by atoms with Crippen molar-refractivity contribution in [1.29, 1.82) is 0 Å². The van der Waals surface area contributed by atoms with E-state index in [1.807, 2.05) is 6.92 Å². The molecule has 0 atom stereocenters. The highest BCUT2D eigenvalue weighted by Gasteiger charge is 2.31. The number of carbonyl (C=O) groups excluding carboxylic acids is 3. The van der Waals surface area contributed by atoms with Crippen LogP contribution in [0.1, 0.15) is 68.2 Å². The SMILES string of the molecule is CCCC(=O)N1Cc2cc(OC)c(OCCCOc3c(OC)cc4c(c3F)CN(C(=O)CCC(=O)OCC)C4)c(F)c2C1. The van der Waals surface area contributed by atoms with Gasteiger partial charge < -0.3 is 33.5 Å². The van der Waals surface area contributed by atoms with E-state index in [-0.39, 0.29) is 87.1 Å². The number of hydrogen-bond acceptors (Lipinski definition) is 8. The van der Waals surface area contributed by atoms with Gasteiger partial charge in [-0.25, -0.2) is 8.78 Å². The largest absolute Gasteiger partial charge is 0.493 e. The third-order valence-electron chi connectivity index (χ3n) is 7.42. The summed E-state index contributed by atoms with van der Waals surface area (Å²) >= 11 is 0. The third kappa shape index (κ3) is 7.11. The molecule has 0 N–H and O–H groups in total. The van der Waals surface area contributed by atoms with Crippen LogP contribution in [0.2, 0.25) is 0 Å². The molecule has 0 bridgehead atoms. The van der Waals surface area contributed by atoms with E-state index in [4.69, 9.17) is 23.7 Å². The summed E-state index contributed by atoms with van der Waals surface area (Å²) in [4.78, 5) is 39.6. The molecule has 0 saturated heterocycles. The zero-order chi connectivity index (χ0) is 31.1. The number of halogens is 2. The van der Waals surface area contributed by atoms with Crippen LogP contribution in [0.3, 0.4) is 0 Å². The van der Waals surface area contributed by atoms with Crippen LogP contribution in [0.25, 0.3) is 0 Å². The number of nitrogens with zero attached hydrogens (tertiary/aromatic N) is 2. The number of fused-ring (bicyclic) bond motifs is 2. The highest BCUT2D eigenvalue weighted by molar-refractivity contribution is 5.82. The van der Waals surface area contributed by atoms with Gasteiger partial charge in [-0.05, 0) is 36.6 Å². The van der Waals surface area contributed by atoms with Crippen LogP contribution in [-0.2, 0) is 45.3 Å². The van der Waals surface area contributed by atoms with Gasteiger partial charge in [-0.15, -0.1) is 0 Å². The van der Waals surface area contributed by atoms with E-state index in [1.165, 1.54) is 19.1 Å². The minimum Gasteiger partial charge on any atom is -0.493 e. The fourth-order valence-electron chi connectivity index (χ4n) is 5.23. The second kappa shape index (κ2) is 14.4. The topological polar surface area (TPSA) is 104 Å². The standard InChI is InChI=1S/C31H38F2N2O8/c1-5-8-25(36)34-15-19-13-23(39-3)30(28(32)21(19)17-34)42-11-7-12-43-31-24(40-4)14-20-16-35(18-22(20)29(31)33)26(37)9-10-27(38)41-6-2/h13-14H,5-12,15-18H2,1-4H3. The number of ether oxygens (including phenoxy) is 5. The summed E-state index contributed by atoms with van der Waals surface area (Å²) < 4.78 is 58.0. The molecule has 2 heterocycles. The van der Waals surface area contributed by atoms with Crippen molar-refractivity contribution >= 4 is 17.8 Å². The van der Waals surface area contributed by atoms with Crippen molar-refractivity contribution in [3.05, 3.63) is 46.0 Å². The average Bonchev–Trinajstić information content (AvgIpc) is 3.63. The van der Waals surface area contributed by atoms with Crippen molar-refractivity contribution < 1.29 is 46.8 Å². The van der Waals surface area contributed by atoms with Gasteiger partial charge in [-0.1, -0.05) is 6.92 Å². The average molecular weight is 605 g/mol. The van der Waals surface area contributed by atoms with Gasteiger partial charge in [0.25, 0.3) is 0 Å². The lowest BCUT2D eigenvalue weighted by Crippen LogP contribution is -2.26. The zero-order valence-corrected chi connectivity index (χ0v) is 25.1. The summed E-state index contributed by atoms with van der Waals surface area (Å²) in [5.41, 5.74) is 2.03. The van der Waals surface area contributed by atoms with Gasteiger partial charge in [-0.2, -0.15) is 0 Å². The molecule has 0 aromatic heterocycles. The maximum absolute atomic E-state index is 15.5. The van der Waals surface area contributed by atoms with Crippen LogP contribution in [0, 0.1) is 11.6 Å². The molecule has 4 rings (SSSR count). The van der Waals surface area contributed by atoms with Gasteiger partial charge >= 0.3 is 5.97 Å². The predicted octanol–water partition coefficient (Wildman–Crippen LogP) is 4.66. The molecule has 2 amide bonds. The smallest absolute Gasteiger partial charge is 0.306 e. The molecule has 2 aromatic rings. The number of esters is 1. The van der Waals surface area contributed by atoms with E-state index in [0.29, 0.717) is 48.1 Å². The molecule has 43 heavy (non-hydrogen) atoms. The van der Waals surface area contributed by atoms with Gasteiger partial charge in [0.05, 0.1) is 40.5 Å². The Morgan fingerprint density at radius 3 is 1.67 bits per heavy atom. The molecule has 12 heteroatoms. The highest BCUT2D eigenvalue weighted by Crippen LogP contribution is 2.40. The van der Waals surface area contributed by atoms with E-state index >= 15 is 8.78 Å². The number of rotatable bonds is 14. The summed E-state index contributed by atoms with van der Waals surface area (Å²) in [6, 6.07) is 3.33. The lowest BCUT2D eigenvalue weighted by atomic mass is 10.1. The maximum Gasteiger partial charge on any atom is 0.306 e. The van der Waals surface area contributed by atoms with Crippen molar-refractivity contribution in [2.24, 2.45) is 0 Å². The summed E-state index contributed by atoms with van der Waals surface area (Å²) in [6.07, 6.45) is 1.34. The normalized spacial score (nSPS) is 13.4. The monoisotopic (exact) mass is 604 g/mol. The van der Waals surface area contributed by atoms with Gasteiger partial charge in [-0.3, -0.25) is 14.4 Å². The van der Waals surface area contributed by atoms with Crippen LogP contribution >= 0.6 is 0 Å². The minimum absolute atomic E-state index is 0.0280. The predicted molar refractivity (Wildman–Crippen MR) is 151 cm³/mol. The summed E-state index contributed by atoms with van der Waals surface area (Å²) in [6.45, 7) is 4.69. The Bertz CT molecular complexity index is 1370. The fraction of sp³-hybridized carbons (Fsp3) is 0.516. The molecule has 2 aliphatic heterocycles. The van der Waals surface area contributed by atoms with Gasteiger partial charge in [0.1, 0.15) is 0 Å². The van der Waals surface area contributed by atoms with Crippen LogP contribution in [0.15, 0.2) is 12.1 Å². The van der Waals surface area contributed by atoms with Gasteiger partial charge in [0, 0.05) is 56.6 Å². The van der Waals surface area contributed by atoms with Crippen molar-refractivity contribution in [2.45, 2.75) is 72.1 Å². The molecule has 0 fully saturated rings. The Balaban J connectivity index is 1.35. The van der Waals surface area contributed by atoms with E-state index in [9.17, 15) is 14.4 Å². The Morgan fingerprint density at radius 1 is 0.744 bits per heavy atom. The van der Waals surface area contributed by atoms with Crippen LogP contribution in [0.4, 0.5) is 8.78 Å². The number of amides is 2. The molecule has 2 aromatic carbocycles. The molecule has 234 valence electrons. The van der Waals surface area contributed by atoms with E-state index < -0.39 is 17.6 Å². The molecule has 0 aliphatic carbocycles. The summed E-state index contributed by atoms with van der Waals surface area (Å²) in [5.74, 6) is -1.65. The first-order chi connectivity index (χ1) is 20.7. The second-order valence-electron chi connectivity index (χ2n) is 10.3. The second-order valence-corrected chi connectivity index (χ2v) is 10.3. The van der Waals surface area contributed by atoms with E-state index in [2.05, 4.69) is 0 Å². The van der Waals surface area contributed by atoms with Crippen molar-refractivity contribution in [2.75, 3.05) is 34.0 Å². The lowest BCUT2D eigenvalue weighted by Gasteiger charge is -2.16. The summed E-state index contributed by atoms with van der Waals surface area (Å²) in [5, 5.41) is 0.